The quantitative estimate of drug-likeness (QED) is 0.733. The number of nitrogens with two attached hydrogens (primary N) is 1. The molecule has 0 radical (unpaired) electrons. The van der Waals surface area contributed by atoms with Crippen LogP contribution in [0.4, 0.5) is 10.5 Å². The fourth-order valence-corrected chi connectivity index (χ4v) is 2.92. The zero-order valence-corrected chi connectivity index (χ0v) is 12.3. The van der Waals surface area contributed by atoms with Gasteiger partial charge in [-0.1, -0.05) is 18.2 Å². The molecule has 7 nitrogen and oxygen atoms in total. The number of carbonyl (C=O) groups is 2. The molecule has 2 rings (SSSR count). The Morgan fingerprint density at radius 2 is 1.82 bits per heavy atom. The molecule has 1 fully saturated rings. The first-order chi connectivity index (χ1) is 10.5. The molecule has 4 N–H and O–H groups in total. The summed E-state index contributed by atoms with van der Waals surface area (Å²) in [5, 5.41) is 19.0. The number of aliphatic hydroxyl groups is 1. The number of hydrogen-bond donors (Lipinski definition) is 3. The van der Waals surface area contributed by atoms with Crippen molar-refractivity contribution in [1.29, 1.82) is 0 Å². The summed E-state index contributed by atoms with van der Waals surface area (Å²) in [7, 11) is 0. The number of primary amides is 1. The van der Waals surface area contributed by atoms with Crippen molar-refractivity contribution >= 4 is 17.7 Å². The first kappa shape index (κ1) is 16.1. The molecule has 0 atom stereocenters. The molecule has 7 heteroatoms. The monoisotopic (exact) mass is 307 g/mol. The van der Waals surface area contributed by atoms with Crippen molar-refractivity contribution < 1.29 is 19.8 Å². The minimum absolute atomic E-state index is 0.0162. The van der Waals surface area contributed by atoms with Gasteiger partial charge in [-0.15, -0.1) is 0 Å². The molecule has 1 heterocycles. The lowest BCUT2D eigenvalue weighted by Crippen LogP contribution is -2.60. The fourth-order valence-electron chi connectivity index (χ4n) is 2.92. The van der Waals surface area contributed by atoms with E-state index in [0.717, 1.165) is 5.69 Å². The van der Waals surface area contributed by atoms with Gasteiger partial charge in [-0.3, -0.25) is 4.79 Å². The molecule has 2 amide bonds. The number of rotatable bonds is 5. The van der Waals surface area contributed by atoms with Gasteiger partial charge in [0.1, 0.15) is 0 Å². The van der Waals surface area contributed by atoms with Crippen LogP contribution in [0.15, 0.2) is 30.3 Å². The van der Waals surface area contributed by atoms with E-state index >= 15 is 0 Å². The SMILES string of the molecule is NC(=O)CN(c1ccccc1)C1(CO)CCN(C(=O)O)CC1. The molecule has 1 aromatic carbocycles. The molecule has 22 heavy (non-hydrogen) atoms. The van der Waals surface area contributed by atoms with E-state index < -0.39 is 17.5 Å². The third-order valence-electron chi connectivity index (χ3n) is 4.21. The number of amides is 2. The van der Waals surface area contributed by atoms with Gasteiger partial charge in [0.25, 0.3) is 0 Å². The van der Waals surface area contributed by atoms with Gasteiger partial charge in [0.05, 0.1) is 18.7 Å². The molecular formula is C15H21N3O4. The Labute approximate surface area is 128 Å². The Hall–Kier alpha value is -2.28. The van der Waals surface area contributed by atoms with E-state index in [-0.39, 0.29) is 13.2 Å². The van der Waals surface area contributed by atoms with Crippen LogP contribution in [0.25, 0.3) is 0 Å². The maximum absolute atomic E-state index is 11.5. The van der Waals surface area contributed by atoms with Gasteiger partial charge in [-0.05, 0) is 25.0 Å². The van der Waals surface area contributed by atoms with Crippen LogP contribution in [-0.4, -0.2) is 58.9 Å². The highest BCUT2D eigenvalue weighted by Gasteiger charge is 2.41. The van der Waals surface area contributed by atoms with Crippen molar-refractivity contribution in [3.63, 3.8) is 0 Å². The van der Waals surface area contributed by atoms with Gasteiger partial charge in [0.15, 0.2) is 0 Å². The van der Waals surface area contributed by atoms with E-state index in [9.17, 15) is 14.7 Å². The van der Waals surface area contributed by atoms with E-state index in [1.807, 2.05) is 30.3 Å². The minimum Gasteiger partial charge on any atom is -0.465 e. The number of carbonyl (C=O) groups excluding carboxylic acids is 1. The van der Waals surface area contributed by atoms with Crippen LogP contribution < -0.4 is 10.6 Å². The van der Waals surface area contributed by atoms with Crippen LogP contribution in [0, 0.1) is 0 Å². The van der Waals surface area contributed by atoms with E-state index in [1.165, 1.54) is 4.90 Å². The molecule has 1 aromatic rings. The summed E-state index contributed by atoms with van der Waals surface area (Å²) in [6, 6.07) is 9.26. The number of likely N-dealkylation sites (tertiary alicyclic amines) is 1. The number of benzene rings is 1. The van der Waals surface area contributed by atoms with Gasteiger partial charge in [0.2, 0.25) is 5.91 Å². The number of carboxylic acid groups (broad SMARTS) is 1. The van der Waals surface area contributed by atoms with Crippen molar-refractivity contribution in [3.8, 4) is 0 Å². The highest BCUT2D eigenvalue weighted by molar-refractivity contribution is 5.80. The molecule has 1 aliphatic rings. The van der Waals surface area contributed by atoms with Gasteiger partial charge in [-0.25, -0.2) is 4.79 Å². The standard InChI is InChI=1S/C15H21N3O4/c16-13(20)10-18(12-4-2-1-3-5-12)15(11-19)6-8-17(9-7-15)14(21)22/h1-5,19H,6-11H2,(H2,16,20)(H,21,22). The second-order valence-electron chi connectivity index (χ2n) is 5.54. The zero-order valence-electron chi connectivity index (χ0n) is 12.3. The maximum atomic E-state index is 11.5. The average molecular weight is 307 g/mol. The number of piperidine rings is 1. The van der Waals surface area contributed by atoms with E-state index in [0.29, 0.717) is 25.9 Å². The van der Waals surface area contributed by atoms with Crippen molar-refractivity contribution in [2.45, 2.75) is 18.4 Å². The zero-order chi connectivity index (χ0) is 16.2. The summed E-state index contributed by atoms with van der Waals surface area (Å²) in [6.45, 7) is 0.455. The summed E-state index contributed by atoms with van der Waals surface area (Å²) < 4.78 is 0. The van der Waals surface area contributed by atoms with Crippen molar-refractivity contribution in [3.05, 3.63) is 30.3 Å². The Bertz CT molecular complexity index is 527. The number of nitrogens with zero attached hydrogens (tertiary/aromatic N) is 2. The Kier molecular flexibility index (Phi) is 4.87. The van der Waals surface area contributed by atoms with E-state index in [4.69, 9.17) is 10.8 Å². The lowest BCUT2D eigenvalue weighted by Gasteiger charge is -2.48. The van der Waals surface area contributed by atoms with Crippen LogP contribution in [0.1, 0.15) is 12.8 Å². The number of hydrogen-bond acceptors (Lipinski definition) is 4. The summed E-state index contributed by atoms with van der Waals surface area (Å²) in [5.74, 6) is -0.489. The Morgan fingerprint density at radius 1 is 1.23 bits per heavy atom. The maximum Gasteiger partial charge on any atom is 0.407 e. The van der Waals surface area contributed by atoms with Crippen molar-refractivity contribution in [2.75, 3.05) is 31.1 Å². The second-order valence-corrected chi connectivity index (χ2v) is 5.54. The third-order valence-corrected chi connectivity index (χ3v) is 4.21. The molecule has 0 aliphatic carbocycles. The van der Waals surface area contributed by atoms with Gasteiger partial charge >= 0.3 is 6.09 Å². The Balaban J connectivity index is 2.28. The van der Waals surface area contributed by atoms with Crippen molar-refractivity contribution in [2.24, 2.45) is 5.73 Å². The van der Waals surface area contributed by atoms with Crippen molar-refractivity contribution in [1.82, 2.24) is 4.90 Å². The van der Waals surface area contributed by atoms with Gasteiger partial charge < -0.3 is 25.7 Å². The molecule has 120 valence electrons. The molecule has 0 spiro atoms. The van der Waals surface area contributed by atoms with Gasteiger partial charge in [0, 0.05) is 18.8 Å². The topological polar surface area (TPSA) is 107 Å². The van der Waals surface area contributed by atoms with Crippen LogP contribution in [0.5, 0.6) is 0 Å². The molecule has 0 aromatic heterocycles. The molecule has 1 aliphatic heterocycles. The second kappa shape index (κ2) is 6.65. The molecule has 0 unspecified atom stereocenters. The first-order valence-electron chi connectivity index (χ1n) is 7.18. The number of para-hydroxylation sites is 1. The fraction of sp³-hybridized carbons (Fsp3) is 0.467. The van der Waals surface area contributed by atoms with Crippen LogP contribution in [-0.2, 0) is 4.79 Å². The van der Waals surface area contributed by atoms with E-state index in [2.05, 4.69) is 0 Å². The molecular weight excluding hydrogens is 286 g/mol. The average Bonchev–Trinajstić information content (AvgIpc) is 2.53. The van der Waals surface area contributed by atoms with Crippen LogP contribution >= 0.6 is 0 Å². The predicted octanol–water partition coefficient (Wildman–Crippen LogP) is 0.483. The highest BCUT2D eigenvalue weighted by Crippen LogP contribution is 2.32. The smallest absolute Gasteiger partial charge is 0.407 e. The summed E-state index contributed by atoms with van der Waals surface area (Å²) >= 11 is 0. The number of anilines is 1. The summed E-state index contributed by atoms with van der Waals surface area (Å²) in [5.41, 5.74) is 5.47. The summed E-state index contributed by atoms with van der Waals surface area (Å²) in [4.78, 5) is 25.6. The Morgan fingerprint density at radius 3 is 2.27 bits per heavy atom. The minimum atomic E-state index is -0.965. The normalized spacial score (nSPS) is 17.0. The lowest BCUT2D eigenvalue weighted by molar-refractivity contribution is -0.117. The van der Waals surface area contributed by atoms with Gasteiger partial charge in [-0.2, -0.15) is 0 Å². The largest absolute Gasteiger partial charge is 0.465 e. The first-order valence-corrected chi connectivity index (χ1v) is 7.18. The van der Waals surface area contributed by atoms with Crippen LogP contribution in [0.3, 0.4) is 0 Å². The summed E-state index contributed by atoms with van der Waals surface area (Å²) in [6.07, 6.45) is -0.0802. The third kappa shape index (κ3) is 3.30. The lowest BCUT2D eigenvalue weighted by atomic mass is 9.85. The molecule has 0 bridgehead atoms. The molecule has 0 saturated carbocycles. The predicted molar refractivity (Wildman–Crippen MR) is 81.6 cm³/mol. The highest BCUT2D eigenvalue weighted by atomic mass is 16.4. The van der Waals surface area contributed by atoms with E-state index in [1.54, 1.807) is 4.90 Å². The number of aliphatic hydroxyl groups excluding tert-OH is 1. The molecule has 1 saturated heterocycles. The van der Waals surface area contributed by atoms with Crippen LogP contribution in [0.2, 0.25) is 0 Å².